The van der Waals surface area contributed by atoms with Gasteiger partial charge in [-0.1, -0.05) is 25.5 Å². The summed E-state index contributed by atoms with van der Waals surface area (Å²) in [5.74, 6) is -2.23. The van der Waals surface area contributed by atoms with E-state index in [0.717, 1.165) is 31.5 Å². The first-order chi connectivity index (χ1) is 14.3. The van der Waals surface area contributed by atoms with Gasteiger partial charge >= 0.3 is 6.18 Å². The molecule has 31 heavy (non-hydrogen) atoms. The monoisotopic (exact) mass is 455 g/mol. The van der Waals surface area contributed by atoms with Crippen LogP contribution in [0.5, 0.6) is 0 Å². The van der Waals surface area contributed by atoms with Crippen LogP contribution >= 0.6 is 0 Å². The highest BCUT2D eigenvalue weighted by Crippen LogP contribution is 2.32. The fraction of sp³-hybridized carbons (Fsp3) is 0.350. The summed E-state index contributed by atoms with van der Waals surface area (Å²) < 4.78 is 64.3. The molecule has 2 aromatic rings. The first-order valence-corrected chi connectivity index (χ1v) is 10.8. The number of rotatable bonds is 7. The number of aliphatic hydroxyl groups is 1. The van der Waals surface area contributed by atoms with Gasteiger partial charge in [0.25, 0.3) is 5.91 Å². The van der Waals surface area contributed by atoms with Crippen molar-refractivity contribution in [2.45, 2.75) is 43.4 Å². The highest BCUT2D eigenvalue weighted by molar-refractivity contribution is 7.91. The molecular formula is C20H20F3N3O4S. The minimum atomic E-state index is -4.89. The van der Waals surface area contributed by atoms with Gasteiger partial charge in [0.05, 0.1) is 28.1 Å². The van der Waals surface area contributed by atoms with Crippen molar-refractivity contribution in [3.63, 3.8) is 0 Å². The Morgan fingerprint density at radius 1 is 1.26 bits per heavy atom. The van der Waals surface area contributed by atoms with Crippen LogP contribution in [0, 0.1) is 11.3 Å². The smallest absolute Gasteiger partial charge is 0.379 e. The first-order valence-electron chi connectivity index (χ1n) is 9.13. The van der Waals surface area contributed by atoms with E-state index in [1.807, 2.05) is 12.2 Å². The number of halogens is 3. The predicted molar refractivity (Wildman–Crippen MR) is 106 cm³/mol. The number of nitrogens with one attached hydrogen (secondary N) is 1. The van der Waals surface area contributed by atoms with Crippen LogP contribution in [0.25, 0.3) is 0 Å². The summed E-state index contributed by atoms with van der Waals surface area (Å²) in [5, 5.41) is 21.2. The molecule has 11 heteroatoms. The summed E-state index contributed by atoms with van der Waals surface area (Å²) in [7, 11) is -4.08. The summed E-state index contributed by atoms with van der Waals surface area (Å²) in [6.07, 6.45) is -2.45. The molecule has 0 spiro atoms. The Kier molecular flexibility index (Phi) is 7.08. The van der Waals surface area contributed by atoms with E-state index in [1.54, 1.807) is 12.1 Å². The molecule has 1 amide bonds. The number of pyridine rings is 1. The van der Waals surface area contributed by atoms with E-state index in [4.69, 9.17) is 5.26 Å². The van der Waals surface area contributed by atoms with Crippen LogP contribution in [-0.2, 0) is 27.2 Å². The number of amides is 1. The minimum Gasteiger partial charge on any atom is -0.379 e. The normalized spacial score (nSPS) is 13.8. The number of aryl methyl sites for hydroxylation is 1. The molecule has 1 aromatic carbocycles. The summed E-state index contributed by atoms with van der Waals surface area (Å²) in [5.41, 5.74) is -4.22. The molecule has 0 bridgehead atoms. The third kappa shape index (κ3) is 6.02. The summed E-state index contributed by atoms with van der Waals surface area (Å²) in [4.78, 5) is 15.6. The number of hydrogen-bond donors (Lipinski definition) is 2. The van der Waals surface area contributed by atoms with Crippen molar-refractivity contribution in [2.24, 2.45) is 0 Å². The molecule has 0 saturated heterocycles. The second-order valence-electron chi connectivity index (χ2n) is 7.11. The van der Waals surface area contributed by atoms with Gasteiger partial charge in [0.15, 0.2) is 21.1 Å². The molecule has 0 fully saturated rings. The summed E-state index contributed by atoms with van der Waals surface area (Å²) in [6, 6.07) is 7.79. The SMILES string of the molecule is CCCc1ccc(S(=O)(=O)CC(C)(O)C(=O)Nc2cnc(C#N)c(C(F)(F)F)c2)cc1. The molecule has 1 aromatic heterocycles. The van der Waals surface area contributed by atoms with Gasteiger partial charge in [0.1, 0.15) is 6.07 Å². The van der Waals surface area contributed by atoms with Gasteiger partial charge in [0, 0.05) is 0 Å². The molecule has 0 aliphatic rings. The van der Waals surface area contributed by atoms with Crippen molar-refractivity contribution in [3.05, 3.63) is 53.3 Å². The molecule has 0 aliphatic heterocycles. The van der Waals surface area contributed by atoms with E-state index >= 15 is 0 Å². The molecule has 166 valence electrons. The van der Waals surface area contributed by atoms with Crippen LogP contribution in [0.1, 0.15) is 37.1 Å². The highest BCUT2D eigenvalue weighted by Gasteiger charge is 2.38. The zero-order chi connectivity index (χ0) is 23.4. The van der Waals surface area contributed by atoms with Gasteiger partial charge in [-0.25, -0.2) is 13.4 Å². The van der Waals surface area contributed by atoms with E-state index in [0.29, 0.717) is 6.07 Å². The molecule has 2 N–H and O–H groups in total. The van der Waals surface area contributed by atoms with Crippen molar-refractivity contribution < 1.29 is 31.5 Å². The summed E-state index contributed by atoms with van der Waals surface area (Å²) >= 11 is 0. The van der Waals surface area contributed by atoms with Crippen LogP contribution in [0.3, 0.4) is 0 Å². The predicted octanol–water partition coefficient (Wildman–Crippen LogP) is 3.09. The average molecular weight is 455 g/mol. The lowest BCUT2D eigenvalue weighted by atomic mass is 10.1. The molecule has 0 saturated carbocycles. The van der Waals surface area contributed by atoms with Crippen molar-refractivity contribution in [1.29, 1.82) is 5.26 Å². The van der Waals surface area contributed by atoms with E-state index in [1.165, 1.54) is 18.2 Å². The maximum Gasteiger partial charge on any atom is 0.419 e. The van der Waals surface area contributed by atoms with Crippen molar-refractivity contribution >= 4 is 21.4 Å². The van der Waals surface area contributed by atoms with E-state index in [-0.39, 0.29) is 4.90 Å². The lowest BCUT2D eigenvalue weighted by molar-refractivity contribution is -0.138. The number of nitrogens with zero attached hydrogens (tertiary/aromatic N) is 2. The van der Waals surface area contributed by atoms with Gasteiger partial charge in [-0.2, -0.15) is 18.4 Å². The van der Waals surface area contributed by atoms with Crippen molar-refractivity contribution in [3.8, 4) is 6.07 Å². The maximum absolute atomic E-state index is 13.0. The first kappa shape index (κ1) is 24.3. The van der Waals surface area contributed by atoms with Crippen LogP contribution in [0.15, 0.2) is 41.4 Å². The lowest BCUT2D eigenvalue weighted by Gasteiger charge is -2.22. The Balaban J connectivity index is 2.22. The van der Waals surface area contributed by atoms with Gasteiger partial charge in [0.2, 0.25) is 0 Å². The number of carbonyl (C=O) groups excluding carboxylic acids is 1. The fourth-order valence-electron chi connectivity index (χ4n) is 2.78. The number of anilines is 1. The van der Waals surface area contributed by atoms with Gasteiger partial charge in [-0.05, 0) is 37.1 Å². The fourth-order valence-corrected chi connectivity index (χ4v) is 4.36. The largest absolute Gasteiger partial charge is 0.419 e. The number of benzene rings is 1. The quantitative estimate of drug-likeness (QED) is 0.662. The Bertz CT molecular complexity index is 1110. The Labute approximate surface area is 177 Å². The van der Waals surface area contributed by atoms with Crippen molar-refractivity contribution in [2.75, 3.05) is 11.1 Å². The third-order valence-electron chi connectivity index (χ3n) is 4.34. The zero-order valence-corrected chi connectivity index (χ0v) is 17.5. The molecule has 1 unspecified atom stereocenters. The molecule has 0 radical (unpaired) electrons. The second-order valence-corrected chi connectivity index (χ2v) is 9.10. The van der Waals surface area contributed by atoms with Gasteiger partial charge in [-0.3, -0.25) is 4.79 Å². The molecule has 1 atom stereocenters. The van der Waals surface area contributed by atoms with Gasteiger partial charge < -0.3 is 10.4 Å². The van der Waals surface area contributed by atoms with Crippen LogP contribution in [0.2, 0.25) is 0 Å². The highest BCUT2D eigenvalue weighted by atomic mass is 32.2. The molecule has 0 aliphatic carbocycles. The zero-order valence-electron chi connectivity index (χ0n) is 16.7. The van der Waals surface area contributed by atoms with E-state index in [2.05, 4.69) is 4.98 Å². The number of sulfone groups is 1. The van der Waals surface area contributed by atoms with E-state index in [9.17, 15) is 31.5 Å². The Hall–Kier alpha value is -2.97. The van der Waals surface area contributed by atoms with Crippen LogP contribution in [0.4, 0.5) is 18.9 Å². The summed E-state index contributed by atoms with van der Waals surface area (Å²) in [6.45, 7) is 2.91. The van der Waals surface area contributed by atoms with Crippen molar-refractivity contribution in [1.82, 2.24) is 4.98 Å². The topological polar surface area (TPSA) is 120 Å². The number of hydrogen-bond acceptors (Lipinski definition) is 6. The maximum atomic E-state index is 13.0. The second kappa shape index (κ2) is 9.03. The number of nitriles is 1. The van der Waals surface area contributed by atoms with Gasteiger partial charge in [-0.15, -0.1) is 0 Å². The lowest BCUT2D eigenvalue weighted by Crippen LogP contribution is -2.45. The number of carbonyl (C=O) groups is 1. The standard InChI is InChI=1S/C20H20F3N3O4S/c1-3-4-13-5-7-15(8-6-13)31(29,30)12-19(2,28)18(27)26-14-9-16(20(21,22)23)17(10-24)25-11-14/h5-9,11,28H,3-4,12H2,1-2H3,(H,26,27). The average Bonchev–Trinajstić information content (AvgIpc) is 2.67. The number of alkyl halides is 3. The van der Waals surface area contributed by atoms with E-state index < -0.39 is 50.2 Å². The molecule has 2 rings (SSSR count). The third-order valence-corrected chi connectivity index (χ3v) is 6.27. The molecule has 7 nitrogen and oxygen atoms in total. The Morgan fingerprint density at radius 2 is 1.87 bits per heavy atom. The molecular weight excluding hydrogens is 435 g/mol. The van der Waals surface area contributed by atoms with Crippen LogP contribution in [-0.4, -0.2) is 35.8 Å². The van der Waals surface area contributed by atoms with Crippen LogP contribution < -0.4 is 5.32 Å². The minimum absolute atomic E-state index is 0.0974. The molecule has 1 heterocycles. The number of aromatic nitrogens is 1. The Morgan fingerprint density at radius 3 is 2.39 bits per heavy atom.